The highest BCUT2D eigenvalue weighted by molar-refractivity contribution is 5.78. The summed E-state index contributed by atoms with van der Waals surface area (Å²) >= 11 is 0. The molecule has 0 aromatic rings. The monoisotopic (exact) mass is 225 g/mol. The van der Waals surface area contributed by atoms with E-state index in [0.29, 0.717) is 6.54 Å². The van der Waals surface area contributed by atoms with Gasteiger partial charge in [-0.15, -0.1) is 0 Å². The minimum absolute atomic E-state index is 0.159. The highest BCUT2D eigenvalue weighted by Gasteiger charge is 2.35. The van der Waals surface area contributed by atoms with Crippen molar-refractivity contribution in [2.24, 2.45) is 11.8 Å². The standard InChI is InChI=1S/C13H23NO2/c1-10-3-5-11(6-4-10)12(15)14-9-13(16)7-2-8-13/h10-11,16H,2-9H2,1H3,(H,14,15). The molecule has 0 aliphatic heterocycles. The van der Waals surface area contributed by atoms with Crippen molar-refractivity contribution < 1.29 is 9.90 Å². The molecule has 0 bridgehead atoms. The Labute approximate surface area is 97.6 Å². The van der Waals surface area contributed by atoms with Gasteiger partial charge >= 0.3 is 0 Å². The lowest BCUT2D eigenvalue weighted by Crippen LogP contribution is -2.49. The molecule has 1 amide bonds. The van der Waals surface area contributed by atoms with Crippen LogP contribution in [0.25, 0.3) is 0 Å². The minimum atomic E-state index is -0.586. The summed E-state index contributed by atoms with van der Waals surface area (Å²) in [7, 11) is 0. The average molecular weight is 225 g/mol. The lowest BCUT2D eigenvalue weighted by molar-refractivity contribution is -0.128. The van der Waals surface area contributed by atoms with Gasteiger partial charge in [-0.05, 0) is 50.9 Å². The maximum Gasteiger partial charge on any atom is 0.223 e. The van der Waals surface area contributed by atoms with Crippen LogP contribution in [0.15, 0.2) is 0 Å². The topological polar surface area (TPSA) is 49.3 Å². The van der Waals surface area contributed by atoms with Gasteiger partial charge in [-0.25, -0.2) is 0 Å². The first-order valence-electron chi connectivity index (χ1n) is 6.59. The number of carbonyl (C=O) groups is 1. The fourth-order valence-corrected chi connectivity index (χ4v) is 2.68. The fraction of sp³-hybridized carbons (Fsp3) is 0.923. The van der Waals surface area contributed by atoms with Crippen molar-refractivity contribution in [2.75, 3.05) is 6.54 Å². The molecule has 0 heterocycles. The number of carbonyl (C=O) groups excluding carboxylic acids is 1. The molecule has 92 valence electrons. The van der Waals surface area contributed by atoms with Gasteiger partial charge in [0.25, 0.3) is 0 Å². The minimum Gasteiger partial charge on any atom is -0.388 e. The first kappa shape index (κ1) is 11.9. The summed E-state index contributed by atoms with van der Waals surface area (Å²) < 4.78 is 0. The Hall–Kier alpha value is -0.570. The molecular weight excluding hydrogens is 202 g/mol. The van der Waals surface area contributed by atoms with E-state index in [-0.39, 0.29) is 11.8 Å². The molecule has 2 saturated carbocycles. The number of nitrogens with one attached hydrogen (secondary N) is 1. The van der Waals surface area contributed by atoms with E-state index < -0.39 is 5.60 Å². The molecule has 2 rings (SSSR count). The zero-order valence-electron chi connectivity index (χ0n) is 10.2. The van der Waals surface area contributed by atoms with Gasteiger partial charge in [0, 0.05) is 12.5 Å². The molecule has 0 radical (unpaired) electrons. The molecule has 0 atom stereocenters. The third-order valence-electron chi connectivity index (χ3n) is 4.26. The molecule has 0 unspecified atom stereocenters. The number of hydrogen-bond donors (Lipinski definition) is 2. The Morgan fingerprint density at radius 3 is 2.44 bits per heavy atom. The van der Waals surface area contributed by atoms with E-state index in [2.05, 4.69) is 12.2 Å². The van der Waals surface area contributed by atoms with Gasteiger partial charge in [-0.2, -0.15) is 0 Å². The van der Waals surface area contributed by atoms with Crippen molar-refractivity contribution in [3.63, 3.8) is 0 Å². The fourth-order valence-electron chi connectivity index (χ4n) is 2.68. The Kier molecular flexibility index (Phi) is 3.53. The Bertz CT molecular complexity index is 253. The first-order chi connectivity index (χ1) is 7.59. The second-order valence-corrected chi connectivity index (χ2v) is 5.75. The van der Waals surface area contributed by atoms with Crippen LogP contribution in [0, 0.1) is 11.8 Å². The van der Waals surface area contributed by atoms with Crippen LogP contribution in [0.3, 0.4) is 0 Å². The summed E-state index contributed by atoms with van der Waals surface area (Å²) in [5, 5.41) is 12.8. The summed E-state index contributed by atoms with van der Waals surface area (Å²) in [5.74, 6) is 1.13. The van der Waals surface area contributed by atoms with Gasteiger partial charge in [0.05, 0.1) is 5.60 Å². The molecule has 3 nitrogen and oxygen atoms in total. The van der Waals surface area contributed by atoms with E-state index in [1.807, 2.05) is 0 Å². The van der Waals surface area contributed by atoms with E-state index in [1.165, 1.54) is 12.8 Å². The van der Waals surface area contributed by atoms with Gasteiger partial charge in [0.2, 0.25) is 5.91 Å². The van der Waals surface area contributed by atoms with Crippen LogP contribution in [-0.2, 0) is 4.79 Å². The van der Waals surface area contributed by atoms with Crippen molar-refractivity contribution in [1.82, 2.24) is 5.32 Å². The second kappa shape index (κ2) is 4.74. The quantitative estimate of drug-likeness (QED) is 0.770. The lowest BCUT2D eigenvalue weighted by atomic mass is 9.79. The second-order valence-electron chi connectivity index (χ2n) is 5.75. The smallest absolute Gasteiger partial charge is 0.223 e. The summed E-state index contributed by atoms with van der Waals surface area (Å²) in [6.07, 6.45) is 7.15. The predicted octanol–water partition coefficient (Wildman–Crippen LogP) is 1.84. The third-order valence-corrected chi connectivity index (χ3v) is 4.26. The van der Waals surface area contributed by atoms with Crippen LogP contribution < -0.4 is 5.32 Å². The largest absolute Gasteiger partial charge is 0.388 e. The van der Waals surface area contributed by atoms with E-state index in [0.717, 1.165) is 38.0 Å². The summed E-state index contributed by atoms with van der Waals surface area (Å²) in [4.78, 5) is 11.9. The summed E-state index contributed by atoms with van der Waals surface area (Å²) in [6, 6.07) is 0. The Balaban J connectivity index is 1.71. The highest BCUT2D eigenvalue weighted by atomic mass is 16.3. The highest BCUT2D eigenvalue weighted by Crippen LogP contribution is 2.31. The lowest BCUT2D eigenvalue weighted by Gasteiger charge is -2.37. The van der Waals surface area contributed by atoms with Crippen molar-refractivity contribution in [3.8, 4) is 0 Å². The van der Waals surface area contributed by atoms with Gasteiger partial charge in [-0.3, -0.25) is 4.79 Å². The van der Waals surface area contributed by atoms with Crippen LogP contribution in [-0.4, -0.2) is 23.2 Å². The zero-order valence-corrected chi connectivity index (χ0v) is 10.2. The summed E-state index contributed by atoms with van der Waals surface area (Å²) in [5.41, 5.74) is -0.586. The third kappa shape index (κ3) is 2.76. The van der Waals surface area contributed by atoms with Crippen LogP contribution in [0.5, 0.6) is 0 Å². The van der Waals surface area contributed by atoms with Crippen LogP contribution in [0.1, 0.15) is 51.9 Å². The molecule has 0 aromatic heterocycles. The van der Waals surface area contributed by atoms with Gasteiger partial charge < -0.3 is 10.4 Å². The molecule has 0 spiro atoms. The van der Waals surface area contributed by atoms with Gasteiger partial charge in [-0.1, -0.05) is 6.92 Å². The molecule has 0 saturated heterocycles. The summed E-state index contributed by atoms with van der Waals surface area (Å²) in [6.45, 7) is 2.71. The SMILES string of the molecule is CC1CCC(C(=O)NCC2(O)CCC2)CC1. The molecule has 3 heteroatoms. The van der Waals surface area contributed by atoms with E-state index in [9.17, 15) is 9.90 Å². The van der Waals surface area contributed by atoms with Gasteiger partial charge in [0.15, 0.2) is 0 Å². The number of hydrogen-bond acceptors (Lipinski definition) is 2. The van der Waals surface area contributed by atoms with Crippen LogP contribution >= 0.6 is 0 Å². The normalized spacial score (nSPS) is 32.9. The van der Waals surface area contributed by atoms with E-state index in [4.69, 9.17) is 0 Å². The van der Waals surface area contributed by atoms with Crippen molar-refractivity contribution in [2.45, 2.75) is 57.5 Å². The van der Waals surface area contributed by atoms with Gasteiger partial charge in [0.1, 0.15) is 0 Å². The maximum atomic E-state index is 11.9. The number of rotatable bonds is 3. The molecule has 2 aliphatic rings. The Morgan fingerprint density at radius 1 is 1.31 bits per heavy atom. The maximum absolute atomic E-state index is 11.9. The molecule has 16 heavy (non-hydrogen) atoms. The molecule has 2 fully saturated rings. The molecule has 2 N–H and O–H groups in total. The molecule has 0 aromatic carbocycles. The van der Waals surface area contributed by atoms with Crippen LogP contribution in [0.4, 0.5) is 0 Å². The predicted molar refractivity (Wildman–Crippen MR) is 62.9 cm³/mol. The van der Waals surface area contributed by atoms with Crippen LogP contribution in [0.2, 0.25) is 0 Å². The molecule has 2 aliphatic carbocycles. The average Bonchev–Trinajstić information content (AvgIpc) is 2.24. The molecular formula is C13H23NO2. The first-order valence-corrected chi connectivity index (χ1v) is 6.59. The van der Waals surface area contributed by atoms with E-state index >= 15 is 0 Å². The van der Waals surface area contributed by atoms with Crippen molar-refractivity contribution in [3.05, 3.63) is 0 Å². The zero-order chi connectivity index (χ0) is 11.6. The van der Waals surface area contributed by atoms with Crippen molar-refractivity contribution >= 4 is 5.91 Å². The Morgan fingerprint density at radius 2 is 1.94 bits per heavy atom. The number of amides is 1. The van der Waals surface area contributed by atoms with E-state index in [1.54, 1.807) is 0 Å². The van der Waals surface area contributed by atoms with Crippen molar-refractivity contribution in [1.29, 1.82) is 0 Å². The number of aliphatic hydroxyl groups is 1.